The third-order valence-corrected chi connectivity index (χ3v) is 5.84. The van der Waals surface area contributed by atoms with E-state index in [4.69, 9.17) is 11.6 Å². The van der Waals surface area contributed by atoms with Crippen LogP contribution in [0.2, 0.25) is 0 Å². The van der Waals surface area contributed by atoms with Gasteiger partial charge in [0.1, 0.15) is 0 Å². The van der Waals surface area contributed by atoms with E-state index in [-0.39, 0.29) is 16.9 Å². The molecule has 140 valence electrons. The first-order valence-corrected chi connectivity index (χ1v) is 10.7. The maximum atomic E-state index is 9.47. The molecule has 0 aromatic rings. The number of aliphatic hydroxyl groups excluding tert-OH is 1. The van der Waals surface area contributed by atoms with Crippen molar-refractivity contribution in [2.75, 3.05) is 0 Å². The van der Waals surface area contributed by atoms with Crippen LogP contribution in [0.25, 0.3) is 0 Å². The van der Waals surface area contributed by atoms with Gasteiger partial charge in [-0.15, -0.1) is 11.6 Å². The van der Waals surface area contributed by atoms with Crippen LogP contribution < -0.4 is 0 Å². The summed E-state index contributed by atoms with van der Waals surface area (Å²) in [5.41, 5.74) is 0.136. The topological polar surface area (TPSA) is 20.2 Å². The molecule has 2 heteroatoms. The summed E-state index contributed by atoms with van der Waals surface area (Å²) < 4.78 is 0. The van der Waals surface area contributed by atoms with Crippen LogP contribution in [0.1, 0.15) is 118 Å². The van der Waals surface area contributed by atoms with Gasteiger partial charge in [0.15, 0.2) is 0 Å². The number of hydrogen-bond donors (Lipinski definition) is 1. The Morgan fingerprint density at radius 2 is 1.17 bits per heavy atom. The molecule has 1 nitrogen and oxygen atoms in total. The van der Waals surface area contributed by atoms with Crippen LogP contribution in [0.3, 0.4) is 0 Å². The monoisotopic (exact) mass is 346 g/mol. The first-order valence-electron chi connectivity index (χ1n) is 10.2. The normalized spacial score (nSPS) is 14.9. The summed E-state index contributed by atoms with van der Waals surface area (Å²) in [6.07, 6.45) is 18.3. The summed E-state index contributed by atoms with van der Waals surface area (Å²) in [6, 6.07) is 0. The lowest BCUT2D eigenvalue weighted by Crippen LogP contribution is -2.27. The molecule has 0 aliphatic heterocycles. The number of unbranched alkanes of at least 4 members (excludes halogenated alkanes) is 11. The van der Waals surface area contributed by atoms with Crippen molar-refractivity contribution in [1.29, 1.82) is 0 Å². The molecule has 0 radical (unpaired) electrons. The van der Waals surface area contributed by atoms with Gasteiger partial charge in [-0.05, 0) is 25.2 Å². The fourth-order valence-electron chi connectivity index (χ4n) is 3.20. The van der Waals surface area contributed by atoms with Crippen molar-refractivity contribution >= 4 is 11.6 Å². The molecular formula is C21H43ClO. The Labute approximate surface area is 151 Å². The fraction of sp³-hybridized carbons (Fsp3) is 1.00. The average Bonchev–Trinajstić information content (AvgIpc) is 2.47. The van der Waals surface area contributed by atoms with Crippen molar-refractivity contribution in [2.24, 2.45) is 5.41 Å². The van der Waals surface area contributed by atoms with Crippen LogP contribution in [-0.4, -0.2) is 16.6 Å². The summed E-state index contributed by atoms with van der Waals surface area (Å²) in [6.45, 7) is 8.59. The lowest BCUT2D eigenvalue weighted by molar-refractivity contribution is 0.158. The second kappa shape index (κ2) is 14.6. The molecule has 0 bridgehead atoms. The largest absolute Gasteiger partial charge is 0.393 e. The van der Waals surface area contributed by atoms with Gasteiger partial charge in [-0.1, -0.05) is 97.8 Å². The minimum Gasteiger partial charge on any atom is -0.393 e. The number of aliphatic hydroxyl groups is 1. The zero-order valence-corrected chi connectivity index (χ0v) is 17.1. The average molecular weight is 347 g/mol. The van der Waals surface area contributed by atoms with E-state index in [2.05, 4.69) is 20.8 Å². The third-order valence-electron chi connectivity index (χ3n) is 5.07. The number of halogens is 1. The van der Waals surface area contributed by atoms with E-state index in [9.17, 15) is 5.11 Å². The van der Waals surface area contributed by atoms with Crippen LogP contribution in [0.5, 0.6) is 0 Å². The van der Waals surface area contributed by atoms with Crippen molar-refractivity contribution in [3.63, 3.8) is 0 Å². The molecule has 0 aliphatic carbocycles. The van der Waals surface area contributed by atoms with E-state index in [1.165, 1.54) is 83.5 Å². The van der Waals surface area contributed by atoms with Gasteiger partial charge in [-0.2, -0.15) is 0 Å². The van der Waals surface area contributed by atoms with Gasteiger partial charge in [0.25, 0.3) is 0 Å². The highest BCUT2D eigenvalue weighted by Crippen LogP contribution is 2.34. The smallest absolute Gasteiger partial charge is 0.0526 e. The van der Waals surface area contributed by atoms with E-state index in [0.29, 0.717) is 6.42 Å². The minimum atomic E-state index is -0.293. The van der Waals surface area contributed by atoms with Crippen LogP contribution in [0.15, 0.2) is 0 Å². The Hall–Kier alpha value is 0.250. The van der Waals surface area contributed by atoms with Gasteiger partial charge in [0.2, 0.25) is 0 Å². The first kappa shape index (κ1) is 23.2. The van der Waals surface area contributed by atoms with E-state index in [1.807, 2.05) is 6.92 Å². The third kappa shape index (κ3) is 14.3. The molecule has 0 heterocycles. The lowest BCUT2D eigenvalue weighted by Gasteiger charge is -2.31. The Bertz CT molecular complexity index is 250. The molecule has 0 fully saturated rings. The zero-order chi connectivity index (χ0) is 17.6. The lowest BCUT2D eigenvalue weighted by atomic mass is 9.81. The van der Waals surface area contributed by atoms with Gasteiger partial charge in [0, 0.05) is 5.38 Å². The van der Waals surface area contributed by atoms with Crippen LogP contribution >= 0.6 is 11.6 Å². The predicted molar refractivity (Wildman–Crippen MR) is 105 cm³/mol. The molecule has 0 aromatic heterocycles. The maximum absolute atomic E-state index is 9.47. The van der Waals surface area contributed by atoms with E-state index in [1.54, 1.807) is 0 Å². The molecule has 2 atom stereocenters. The molecule has 0 aliphatic rings. The summed E-state index contributed by atoms with van der Waals surface area (Å²) in [5, 5.41) is 9.55. The first-order chi connectivity index (χ1) is 10.9. The Balaban J connectivity index is 3.41. The van der Waals surface area contributed by atoms with E-state index in [0.717, 1.165) is 0 Å². The van der Waals surface area contributed by atoms with Crippen LogP contribution in [-0.2, 0) is 0 Å². The molecule has 2 unspecified atom stereocenters. The number of rotatable bonds is 16. The summed E-state index contributed by atoms with van der Waals surface area (Å²) >= 11 is 6.45. The minimum absolute atomic E-state index is 0.0789. The molecule has 0 amide bonds. The Morgan fingerprint density at radius 3 is 1.57 bits per heavy atom. The van der Waals surface area contributed by atoms with Gasteiger partial charge >= 0.3 is 0 Å². The zero-order valence-electron chi connectivity index (χ0n) is 16.4. The highest BCUT2D eigenvalue weighted by Gasteiger charge is 2.28. The summed E-state index contributed by atoms with van der Waals surface area (Å²) in [4.78, 5) is 0. The number of alkyl halides is 1. The molecule has 0 spiro atoms. The SMILES string of the molecule is CCCCCCCCCCCCCCC(C)(C)C(Cl)CC(C)O. The maximum Gasteiger partial charge on any atom is 0.0526 e. The highest BCUT2D eigenvalue weighted by atomic mass is 35.5. The van der Waals surface area contributed by atoms with E-state index >= 15 is 0 Å². The number of hydrogen-bond acceptors (Lipinski definition) is 1. The van der Waals surface area contributed by atoms with Gasteiger partial charge in [-0.25, -0.2) is 0 Å². The molecule has 0 rings (SSSR count). The van der Waals surface area contributed by atoms with Gasteiger partial charge in [-0.3, -0.25) is 0 Å². The Kier molecular flexibility index (Phi) is 14.7. The predicted octanol–water partition coefficient (Wildman–Crippen LogP) is 7.48. The van der Waals surface area contributed by atoms with Crippen molar-refractivity contribution in [1.82, 2.24) is 0 Å². The molecule has 23 heavy (non-hydrogen) atoms. The van der Waals surface area contributed by atoms with Crippen LogP contribution in [0.4, 0.5) is 0 Å². The second-order valence-corrected chi connectivity index (χ2v) is 8.71. The standard InChI is InChI=1S/C21H43ClO/c1-5-6-7-8-9-10-11-12-13-14-15-16-17-21(3,4)20(22)18-19(2)23/h19-20,23H,5-18H2,1-4H3. The molecular weight excluding hydrogens is 304 g/mol. The summed E-state index contributed by atoms with van der Waals surface area (Å²) in [7, 11) is 0. The van der Waals surface area contributed by atoms with Gasteiger partial charge < -0.3 is 5.11 Å². The van der Waals surface area contributed by atoms with Crippen molar-refractivity contribution in [3.05, 3.63) is 0 Å². The van der Waals surface area contributed by atoms with E-state index < -0.39 is 0 Å². The summed E-state index contributed by atoms with van der Waals surface area (Å²) in [5.74, 6) is 0. The Morgan fingerprint density at radius 1 is 0.783 bits per heavy atom. The van der Waals surface area contributed by atoms with Crippen molar-refractivity contribution < 1.29 is 5.11 Å². The quantitative estimate of drug-likeness (QED) is 0.227. The molecule has 1 N–H and O–H groups in total. The van der Waals surface area contributed by atoms with Crippen molar-refractivity contribution in [3.8, 4) is 0 Å². The van der Waals surface area contributed by atoms with Crippen molar-refractivity contribution in [2.45, 2.75) is 129 Å². The molecule has 0 saturated carbocycles. The molecule has 0 aromatic carbocycles. The molecule has 0 saturated heterocycles. The fourth-order valence-corrected chi connectivity index (χ4v) is 3.56. The van der Waals surface area contributed by atoms with Gasteiger partial charge in [0.05, 0.1) is 6.10 Å². The van der Waals surface area contributed by atoms with Crippen LogP contribution in [0, 0.1) is 5.41 Å². The second-order valence-electron chi connectivity index (χ2n) is 8.18. The highest BCUT2D eigenvalue weighted by molar-refractivity contribution is 6.21.